The van der Waals surface area contributed by atoms with Crippen molar-refractivity contribution < 1.29 is 19.3 Å². The predicted octanol–water partition coefficient (Wildman–Crippen LogP) is 4.90. The maximum absolute atomic E-state index is 10.9. The van der Waals surface area contributed by atoms with Gasteiger partial charge in [0.1, 0.15) is 5.82 Å². The van der Waals surface area contributed by atoms with Crippen LogP contribution < -0.4 is 19.1 Å². The average Bonchev–Trinajstić information content (AvgIpc) is 2.85. The zero-order chi connectivity index (χ0) is 22.8. The Balaban J connectivity index is 1.64. The van der Waals surface area contributed by atoms with Crippen LogP contribution in [0.15, 0.2) is 36.4 Å². The quantitative estimate of drug-likeness (QED) is 0.431. The van der Waals surface area contributed by atoms with Crippen LogP contribution in [0.2, 0.25) is 0 Å². The molecule has 0 radical (unpaired) electrons. The number of aromatic hydroxyl groups is 1. The van der Waals surface area contributed by atoms with E-state index in [1.165, 1.54) is 0 Å². The minimum atomic E-state index is 0.0330. The van der Waals surface area contributed by atoms with Gasteiger partial charge in [-0.1, -0.05) is 18.2 Å². The van der Waals surface area contributed by atoms with Gasteiger partial charge in [-0.2, -0.15) is 16.7 Å². The third kappa shape index (κ3) is 4.15. The number of fused-ring (bicyclic) bond motifs is 2. The van der Waals surface area contributed by atoms with Crippen molar-refractivity contribution in [2.24, 2.45) is 0 Å². The highest BCUT2D eigenvalue weighted by Gasteiger charge is 2.29. The summed E-state index contributed by atoms with van der Waals surface area (Å²) >= 11 is 1.95. The van der Waals surface area contributed by atoms with E-state index in [-0.39, 0.29) is 5.75 Å². The highest BCUT2D eigenvalue weighted by atomic mass is 32.2. The van der Waals surface area contributed by atoms with Gasteiger partial charge >= 0.3 is 0 Å². The lowest BCUT2D eigenvalue weighted by atomic mass is 10.0. The molecule has 0 spiro atoms. The van der Waals surface area contributed by atoms with E-state index >= 15 is 0 Å². The zero-order valence-electron chi connectivity index (χ0n) is 18.8. The van der Waals surface area contributed by atoms with Crippen LogP contribution in [-0.2, 0) is 6.42 Å². The number of nitrogens with zero attached hydrogens (tertiary/aromatic N) is 3. The summed E-state index contributed by atoms with van der Waals surface area (Å²) in [6, 6.07) is 11.3. The van der Waals surface area contributed by atoms with E-state index in [1.807, 2.05) is 43.8 Å². The molecule has 172 valence electrons. The van der Waals surface area contributed by atoms with Gasteiger partial charge in [-0.3, -0.25) is 0 Å². The number of phenols is 1. The number of hydrogen-bond acceptors (Lipinski definition) is 8. The number of para-hydroxylation sites is 2. The standard InChI is InChI=1S/C25H27N3O4S/c1-3-30-19-9-6-8-17(21(19)29)23-26-24(28-11-13-33-14-12-28)18-15-16-7-5-10-20(31-4-2)22(16)32-25(18)27-23/h5-10,29H,3-4,11-15H2,1-2H3. The molecule has 0 atom stereocenters. The molecule has 3 heterocycles. The van der Waals surface area contributed by atoms with Crippen molar-refractivity contribution in [2.75, 3.05) is 42.7 Å². The molecule has 0 unspecified atom stereocenters. The van der Waals surface area contributed by atoms with E-state index in [9.17, 15) is 5.11 Å². The summed E-state index contributed by atoms with van der Waals surface area (Å²) < 4.78 is 17.7. The summed E-state index contributed by atoms with van der Waals surface area (Å²) in [5.41, 5.74) is 2.54. The molecule has 2 aliphatic rings. The third-order valence-electron chi connectivity index (χ3n) is 5.72. The second kappa shape index (κ2) is 9.39. The van der Waals surface area contributed by atoms with Gasteiger partial charge in [0.15, 0.2) is 28.8 Å². The second-order valence-corrected chi connectivity index (χ2v) is 9.02. The molecule has 8 heteroatoms. The van der Waals surface area contributed by atoms with Gasteiger partial charge in [0, 0.05) is 36.6 Å². The Bertz CT molecular complexity index is 1160. The summed E-state index contributed by atoms with van der Waals surface area (Å²) in [6.07, 6.45) is 0.663. The molecule has 0 saturated carbocycles. The van der Waals surface area contributed by atoms with Gasteiger partial charge in [0.05, 0.1) is 24.3 Å². The second-order valence-electron chi connectivity index (χ2n) is 7.80. The largest absolute Gasteiger partial charge is 0.504 e. The molecule has 1 N–H and O–H groups in total. The lowest BCUT2D eigenvalue weighted by Crippen LogP contribution is -2.34. The Hall–Kier alpha value is -3.13. The van der Waals surface area contributed by atoms with Crippen LogP contribution >= 0.6 is 11.8 Å². The fourth-order valence-electron chi connectivity index (χ4n) is 4.20. The first-order valence-electron chi connectivity index (χ1n) is 11.3. The maximum Gasteiger partial charge on any atom is 0.228 e. The Kier molecular flexibility index (Phi) is 6.17. The number of benzene rings is 2. The van der Waals surface area contributed by atoms with Crippen LogP contribution in [0.1, 0.15) is 25.0 Å². The van der Waals surface area contributed by atoms with Crippen LogP contribution in [0.4, 0.5) is 5.82 Å². The van der Waals surface area contributed by atoms with Crippen LogP contribution in [0.25, 0.3) is 11.4 Å². The molecule has 1 saturated heterocycles. The summed E-state index contributed by atoms with van der Waals surface area (Å²) in [7, 11) is 0. The van der Waals surface area contributed by atoms with E-state index < -0.39 is 0 Å². The van der Waals surface area contributed by atoms with Gasteiger partial charge in [0.25, 0.3) is 0 Å². The van der Waals surface area contributed by atoms with E-state index in [4.69, 9.17) is 24.2 Å². The fourth-order valence-corrected chi connectivity index (χ4v) is 5.10. The highest BCUT2D eigenvalue weighted by Crippen LogP contribution is 2.46. The highest BCUT2D eigenvalue weighted by molar-refractivity contribution is 7.99. The van der Waals surface area contributed by atoms with Crippen molar-refractivity contribution in [3.63, 3.8) is 0 Å². The molecule has 1 fully saturated rings. The normalized spacial score (nSPS) is 14.8. The van der Waals surface area contributed by atoms with Crippen LogP contribution in [0.3, 0.4) is 0 Å². The number of hydrogen-bond donors (Lipinski definition) is 1. The molecule has 2 aromatic carbocycles. The number of phenolic OH excluding ortho intramolecular Hbond substituents is 1. The van der Waals surface area contributed by atoms with E-state index in [1.54, 1.807) is 12.1 Å². The smallest absolute Gasteiger partial charge is 0.228 e. The molecule has 0 amide bonds. The maximum atomic E-state index is 10.9. The molecular weight excluding hydrogens is 438 g/mol. The molecule has 1 aromatic heterocycles. The lowest BCUT2D eigenvalue weighted by molar-refractivity contribution is 0.315. The molecule has 0 aliphatic carbocycles. The van der Waals surface area contributed by atoms with E-state index in [0.717, 1.165) is 41.5 Å². The van der Waals surface area contributed by atoms with Gasteiger partial charge in [-0.05, 0) is 32.0 Å². The van der Waals surface area contributed by atoms with Crippen molar-refractivity contribution in [1.82, 2.24) is 9.97 Å². The van der Waals surface area contributed by atoms with Crippen LogP contribution in [-0.4, -0.2) is 52.9 Å². The van der Waals surface area contributed by atoms with Gasteiger partial charge in [0.2, 0.25) is 5.88 Å². The Morgan fingerprint density at radius 1 is 1.00 bits per heavy atom. The molecule has 5 rings (SSSR count). The van der Waals surface area contributed by atoms with E-state index in [0.29, 0.717) is 54.2 Å². The lowest BCUT2D eigenvalue weighted by Gasteiger charge is -2.31. The number of aromatic nitrogens is 2. The van der Waals surface area contributed by atoms with Gasteiger partial charge in [-0.25, -0.2) is 4.98 Å². The summed E-state index contributed by atoms with van der Waals surface area (Å²) in [6.45, 7) is 6.66. The third-order valence-corrected chi connectivity index (χ3v) is 6.67. The van der Waals surface area contributed by atoms with Crippen molar-refractivity contribution in [3.05, 3.63) is 47.5 Å². The zero-order valence-corrected chi connectivity index (χ0v) is 19.7. The number of rotatable bonds is 6. The van der Waals surface area contributed by atoms with Crippen molar-refractivity contribution in [2.45, 2.75) is 20.3 Å². The predicted molar refractivity (Wildman–Crippen MR) is 130 cm³/mol. The topological polar surface area (TPSA) is 76.9 Å². The van der Waals surface area contributed by atoms with Crippen molar-refractivity contribution in [3.8, 4) is 40.3 Å². The van der Waals surface area contributed by atoms with Crippen LogP contribution in [0.5, 0.6) is 28.9 Å². The van der Waals surface area contributed by atoms with Gasteiger partial charge in [-0.15, -0.1) is 0 Å². The molecule has 3 aromatic rings. The molecule has 7 nitrogen and oxygen atoms in total. The Morgan fingerprint density at radius 2 is 1.73 bits per heavy atom. The number of thioether (sulfide) groups is 1. The van der Waals surface area contributed by atoms with E-state index in [2.05, 4.69) is 11.0 Å². The minimum absolute atomic E-state index is 0.0330. The van der Waals surface area contributed by atoms with Crippen molar-refractivity contribution >= 4 is 17.6 Å². The first-order chi connectivity index (χ1) is 16.2. The average molecular weight is 466 g/mol. The number of ether oxygens (including phenoxy) is 3. The number of anilines is 1. The molecule has 2 aliphatic heterocycles. The first-order valence-corrected chi connectivity index (χ1v) is 12.5. The summed E-state index contributed by atoms with van der Waals surface area (Å²) in [4.78, 5) is 12.0. The first kappa shape index (κ1) is 21.7. The molecule has 0 bridgehead atoms. The van der Waals surface area contributed by atoms with Gasteiger partial charge < -0.3 is 24.2 Å². The Labute approximate surface area is 197 Å². The SMILES string of the molecule is CCOc1cccc(-c2nc3c(c(N4CCSCC4)n2)Cc2cccc(OCC)c2O3)c1O. The summed E-state index contributed by atoms with van der Waals surface area (Å²) in [5, 5.41) is 10.9. The van der Waals surface area contributed by atoms with Crippen LogP contribution in [0, 0.1) is 0 Å². The fraction of sp³-hybridized carbons (Fsp3) is 0.360. The summed E-state index contributed by atoms with van der Waals surface area (Å²) in [5.74, 6) is 5.73. The molecular formula is C25H27N3O4S. The Morgan fingerprint density at radius 3 is 2.52 bits per heavy atom. The van der Waals surface area contributed by atoms with Crippen molar-refractivity contribution in [1.29, 1.82) is 0 Å². The minimum Gasteiger partial charge on any atom is -0.504 e. The molecule has 33 heavy (non-hydrogen) atoms. The monoisotopic (exact) mass is 465 g/mol.